The van der Waals surface area contributed by atoms with Crippen LogP contribution in [0.1, 0.15) is 152 Å². The summed E-state index contributed by atoms with van der Waals surface area (Å²) in [7, 11) is -3.81. The zero-order valence-corrected chi connectivity index (χ0v) is 83.2. The molecule has 8 fully saturated rings. The van der Waals surface area contributed by atoms with Crippen molar-refractivity contribution in [3.8, 4) is 89.4 Å². The number of hydrogen-bond donors (Lipinski definition) is 9. The summed E-state index contributed by atoms with van der Waals surface area (Å²) in [4.78, 5) is 85.9. The normalized spacial score (nSPS) is 19.1. The largest absolute Gasteiger partial charge is 0.347 e. The van der Waals surface area contributed by atoms with Gasteiger partial charge >= 0.3 is 6.03 Å². The first-order chi connectivity index (χ1) is 70.3. The number of likely N-dealkylation sites (tertiary alicyclic amines) is 7. The third-order valence-electron chi connectivity index (χ3n) is 26.2. The minimum Gasteiger partial charge on any atom is -0.347 e. The Balaban J connectivity index is 0.000000158. The number of halogens is 2. The van der Waals surface area contributed by atoms with E-state index in [-0.39, 0.29) is 107 Å². The molecule has 18 rings (SSSR count). The molecule has 147 heavy (non-hydrogen) atoms. The van der Waals surface area contributed by atoms with Crippen LogP contribution in [0.25, 0.3) is 33.5 Å². The van der Waals surface area contributed by atoms with Gasteiger partial charge in [0, 0.05) is 211 Å². The van der Waals surface area contributed by atoms with Gasteiger partial charge in [0.15, 0.2) is 42.6 Å². The van der Waals surface area contributed by atoms with E-state index < -0.39 is 37.7 Å². The number of rotatable bonds is 22. The molecule has 7 amide bonds. The summed E-state index contributed by atoms with van der Waals surface area (Å²) in [6.45, 7) is 12.0. The number of anilines is 1. The number of terminal acetylenes is 2. The van der Waals surface area contributed by atoms with Gasteiger partial charge in [-0.1, -0.05) is 154 Å². The maximum absolute atomic E-state index is 13.8. The highest BCUT2D eigenvalue weighted by Crippen LogP contribution is 2.33. The van der Waals surface area contributed by atoms with Gasteiger partial charge in [0.05, 0.1) is 22.0 Å². The lowest BCUT2D eigenvalue weighted by Gasteiger charge is -2.29. The summed E-state index contributed by atoms with van der Waals surface area (Å²) in [6.07, 6.45) is 34.3. The first-order valence-corrected chi connectivity index (χ1v) is 51.2. The highest BCUT2D eigenvalue weighted by atomic mass is 32.2. The van der Waals surface area contributed by atoms with Crippen molar-refractivity contribution >= 4 is 61.4 Å². The lowest BCUT2D eigenvalue weighted by atomic mass is 9.94. The van der Waals surface area contributed by atoms with Crippen LogP contribution in [-0.4, -0.2) is 246 Å². The number of urea groups is 1. The van der Waals surface area contributed by atoms with Gasteiger partial charge in [0.1, 0.15) is 11.5 Å². The van der Waals surface area contributed by atoms with Crippen LogP contribution in [-0.2, 0) is 34.1 Å². The van der Waals surface area contributed by atoms with Gasteiger partial charge in [-0.25, -0.2) is 39.9 Å². The fourth-order valence-electron chi connectivity index (χ4n) is 18.3. The van der Waals surface area contributed by atoms with Crippen LogP contribution in [0.3, 0.4) is 0 Å². The number of hydrogen-bond acceptors (Lipinski definition) is 24. The van der Waals surface area contributed by atoms with Crippen LogP contribution in [0, 0.1) is 108 Å². The number of piperidine rings is 1. The van der Waals surface area contributed by atoms with E-state index in [9.17, 15) is 54.4 Å². The molecule has 39 heteroatoms. The molecular weight excluding hydrogens is 1910 g/mol. The minimum atomic E-state index is -3.75. The van der Waals surface area contributed by atoms with Gasteiger partial charge in [-0.05, 0) is 184 Å². The van der Waals surface area contributed by atoms with Crippen LogP contribution >= 0.6 is 0 Å². The Labute approximate surface area is 857 Å². The smallest absolute Gasteiger partial charge is 0.320 e. The van der Waals surface area contributed by atoms with Crippen molar-refractivity contribution in [2.45, 2.75) is 156 Å². The molecule has 764 valence electrons. The first-order valence-electron chi connectivity index (χ1n) is 48.2. The highest BCUT2D eigenvalue weighted by Gasteiger charge is 2.37. The van der Waals surface area contributed by atoms with Gasteiger partial charge in [0.25, 0.3) is 29.5 Å². The zero-order chi connectivity index (χ0) is 104. The number of aryl methyl sites for hydroxylation is 3. The Hall–Kier alpha value is -16.4. The molecule has 8 aromatic carbocycles. The summed E-state index contributed by atoms with van der Waals surface area (Å²) in [5, 5.41) is 73.4. The highest BCUT2D eigenvalue weighted by molar-refractivity contribution is 7.89. The van der Waals surface area contributed by atoms with E-state index in [0.29, 0.717) is 131 Å². The van der Waals surface area contributed by atoms with E-state index in [2.05, 4.69) is 99.9 Å². The van der Waals surface area contributed by atoms with Crippen LogP contribution < -0.4 is 46.7 Å². The van der Waals surface area contributed by atoms with Crippen molar-refractivity contribution in [3.63, 3.8) is 0 Å². The van der Waals surface area contributed by atoms with Crippen LogP contribution in [0.15, 0.2) is 222 Å². The lowest BCUT2D eigenvalue weighted by molar-refractivity contribution is 0.0912. The number of benzene rings is 8. The van der Waals surface area contributed by atoms with E-state index in [4.69, 9.17) is 39.2 Å². The predicted octanol–water partition coefficient (Wildman–Crippen LogP) is 11.3. The fourth-order valence-corrected chi connectivity index (χ4v) is 20.9. The van der Waals surface area contributed by atoms with Gasteiger partial charge in [-0.15, -0.1) is 0 Å². The second kappa shape index (κ2) is 52.3. The summed E-state index contributed by atoms with van der Waals surface area (Å²) in [5.74, 6) is -2.48. The molecule has 5 unspecified atom stereocenters. The Kier molecular flexibility index (Phi) is 38.9. The third kappa shape index (κ3) is 30.9. The molecule has 9 heterocycles. The molecule has 8 atom stereocenters. The van der Waals surface area contributed by atoms with E-state index in [0.717, 1.165) is 121 Å². The van der Waals surface area contributed by atoms with Gasteiger partial charge in [0.2, 0.25) is 20.0 Å². The average molecular weight is 2030 g/mol. The molecule has 1 saturated carbocycles. The summed E-state index contributed by atoms with van der Waals surface area (Å²) >= 11 is 0. The van der Waals surface area contributed by atoms with Crippen molar-refractivity contribution in [3.05, 3.63) is 269 Å². The predicted molar refractivity (Wildman–Crippen MR) is 552 cm³/mol. The Bertz CT molecular complexity index is 6810. The molecule has 2 aromatic heterocycles. The molecule has 9 N–H and O–H groups in total. The Morgan fingerprint density at radius 3 is 1.18 bits per heavy atom. The molecule has 1 aliphatic carbocycles. The van der Waals surface area contributed by atoms with E-state index >= 15 is 0 Å². The maximum atomic E-state index is 13.8. The number of nitriles is 5. The molecule has 10 aromatic rings. The van der Waals surface area contributed by atoms with Crippen LogP contribution in [0.5, 0.6) is 0 Å². The van der Waals surface area contributed by atoms with Crippen LogP contribution in [0.4, 0.5) is 19.4 Å². The molecule has 0 spiro atoms. The quantitative estimate of drug-likeness (QED) is 0.0225. The molecule has 7 aliphatic heterocycles. The second-order valence-corrected chi connectivity index (χ2v) is 40.3. The molecular formula is C108H121F2N25O10S2. The Morgan fingerprint density at radius 1 is 0.388 bits per heavy atom. The van der Waals surface area contributed by atoms with Crippen molar-refractivity contribution in [2.24, 2.45) is 14.1 Å². The maximum Gasteiger partial charge on any atom is 0.320 e. The van der Waals surface area contributed by atoms with E-state index in [1.54, 1.807) is 81.2 Å². The number of nitrogens with zero attached hydrogens (tertiary/aromatic N) is 16. The summed E-state index contributed by atoms with van der Waals surface area (Å²) in [5.41, 5.74) is 11.1. The zero-order valence-electron chi connectivity index (χ0n) is 81.5. The van der Waals surface area contributed by atoms with E-state index in [1.807, 2.05) is 161 Å². The minimum absolute atomic E-state index is 0. The SMILES string of the molecule is C.C#CN1CC(c2ccc(F)c(F)c2)[C@H](NC(=O)Nc2c(C)c(-c3cnn(C)c3)nn2C)C1.C#CN1CC[C@@H](NS(=O)(=O)c2cccc(C(=O)NC3CCN(C#N)C3)c2)C1.Cc1ccc(C(=O)N[C@@H]2CCN(C#N)C2)cc1.N#CN1CCC(NC(=O)c2ccc(-c3ccccc3)cc2)C1.N#CN1CCC(NC(=O)c2cccc(S(=O)(=O)NC3CCCC3)c2)C1.N#CN1CCCC(NC(=O)c2ccc(-c3ccccc3)cc2)C1. The molecule has 0 bridgehead atoms. The Morgan fingerprint density at radius 2 is 0.776 bits per heavy atom. The lowest BCUT2D eigenvalue weighted by Crippen LogP contribution is -2.46. The monoisotopic (exact) mass is 2030 g/mol. The molecule has 8 aliphatic rings. The molecule has 0 radical (unpaired) electrons. The number of carbonyl (C=O) groups is 6. The molecule has 35 nitrogen and oxygen atoms in total. The van der Waals surface area contributed by atoms with E-state index in [1.165, 1.54) is 30.3 Å². The third-order valence-corrected chi connectivity index (χ3v) is 29.3. The van der Waals surface area contributed by atoms with Gasteiger partial charge < -0.3 is 66.2 Å². The summed E-state index contributed by atoms with van der Waals surface area (Å²) in [6, 6.07) is 62.6. The first kappa shape index (κ1) is 109. The van der Waals surface area contributed by atoms with Crippen molar-refractivity contribution in [2.75, 3.05) is 96.9 Å². The van der Waals surface area contributed by atoms with Gasteiger partial charge in [-0.3, -0.25) is 38.7 Å². The second-order valence-electron chi connectivity index (χ2n) is 36.8. The molecule has 7 saturated heterocycles. The number of amides is 7. The fraction of sp³-hybridized carbons (Fsp3) is 0.361. The van der Waals surface area contributed by atoms with Gasteiger partial charge in [-0.2, -0.15) is 36.5 Å². The topological polar surface area (TPSA) is 456 Å². The number of carbonyl (C=O) groups excluding carboxylic acids is 6. The number of nitrogens with one attached hydrogen (secondary N) is 9. The van der Waals surface area contributed by atoms with Crippen molar-refractivity contribution in [1.29, 1.82) is 26.3 Å². The van der Waals surface area contributed by atoms with Crippen LogP contribution in [0.2, 0.25) is 0 Å². The average Bonchev–Trinajstić information content (AvgIpc) is 1.67. The summed E-state index contributed by atoms with van der Waals surface area (Å²) < 4.78 is 86.1. The number of sulfonamides is 2. The number of aromatic nitrogens is 4. The van der Waals surface area contributed by atoms with Crippen molar-refractivity contribution in [1.82, 2.24) is 95.2 Å². The van der Waals surface area contributed by atoms with Crippen molar-refractivity contribution < 1.29 is 54.4 Å². The standard InChI is InChI=1S/C22H23F2N7O.C19H19N3O.C18H21N5O3S.C18H17N3O.C17H22N4O3S.C13H15N3O.CH4/c1-5-31-11-16(14-6-7-17(23)18(24)8-14)19(12-31)26-22(32)27-21-13(2)20(28-30(21)4)15-9-25-29(3)10-15;20-14-22-12-4-7-18(13-22)21-19(23)17-10-8-16(9-11-17)15-5-2-1-3-6-15;1-2-22-8-7-16(12-22)21-27(25,26)17-5-3-4-14(10-17)18(24)20-15-6-9-23(11-15)13-19;19-13-21-11-10-17(12-21)20-18(22)16-8-6-15(7-9-16)14-4-2-1-3-5-14;18-12-21-9-8-15(11-21)19-17(22)13-4-3-7-16(10-13)25(23,24)20-14-5-1-2-6-14;1-10-2-4-11(5-3-10)13(17)15-12-6-7-16(8-12)9-14;/h1,6-10,16,19H,11-12H2,2-4H3,(H2,26,27,32);1-3,5-6,8-11,18H,4,7,12-13H2,(H,21,23);1,3-5,10,15-16,21H,6-9,11-12H2,(H,20,24);1-9,17H,10-12H2,(H,20,22);3-4,7,10,14-15,20H,1-2,5-6,8-9,11H2,(H,19,22);2-5,12H,6-8H2,1H3,(H,15,17);1H4/t16?,19-;;15?,16-;;;12-;/m1.1..1./s1.